The zero-order chi connectivity index (χ0) is 18.6. The van der Waals surface area contributed by atoms with Gasteiger partial charge in [0.05, 0.1) is 18.1 Å². The summed E-state index contributed by atoms with van der Waals surface area (Å²) >= 11 is 0. The third kappa shape index (κ3) is 4.69. The molecule has 1 heterocycles. The highest BCUT2D eigenvalue weighted by Gasteiger charge is 2.35. The molecule has 25 heavy (non-hydrogen) atoms. The lowest BCUT2D eigenvalue weighted by Gasteiger charge is -2.40. The molecule has 2 unspecified atom stereocenters. The number of carbonyl (C=O) groups excluding carboxylic acids is 1. The van der Waals surface area contributed by atoms with E-state index in [0.717, 1.165) is 19.4 Å². The second-order valence-electron chi connectivity index (χ2n) is 7.42. The Labute approximate surface area is 147 Å². The molecule has 0 radical (unpaired) electrons. The summed E-state index contributed by atoms with van der Waals surface area (Å²) in [5, 5.41) is 14.4. The Morgan fingerprint density at radius 3 is 2.76 bits per heavy atom. The molecule has 1 aromatic rings. The van der Waals surface area contributed by atoms with Crippen LogP contribution in [0.5, 0.6) is 0 Å². The van der Waals surface area contributed by atoms with E-state index >= 15 is 0 Å². The van der Waals surface area contributed by atoms with E-state index in [0.29, 0.717) is 18.2 Å². The Balaban J connectivity index is 2.14. The molecule has 1 aliphatic rings. The van der Waals surface area contributed by atoms with Crippen molar-refractivity contribution in [2.75, 3.05) is 25.6 Å². The zero-order valence-electron chi connectivity index (χ0n) is 15.2. The molecular weight excluding hydrogens is 324 g/mol. The minimum atomic E-state index is -0.719. The summed E-state index contributed by atoms with van der Waals surface area (Å²) in [5.74, 6) is -0.380. The number of hydrogen-bond donors (Lipinski definition) is 1. The summed E-state index contributed by atoms with van der Waals surface area (Å²) in [5.41, 5.74) is 0.388. The third-order valence-electron chi connectivity index (χ3n) is 4.47. The molecule has 0 amide bonds. The minimum absolute atomic E-state index is 0.0411. The van der Waals surface area contributed by atoms with Gasteiger partial charge in [0.1, 0.15) is 5.56 Å². The van der Waals surface area contributed by atoms with Gasteiger partial charge in [-0.15, -0.1) is 0 Å². The number of esters is 1. The molecule has 1 aliphatic heterocycles. The van der Waals surface area contributed by atoms with Crippen molar-refractivity contribution in [2.24, 2.45) is 11.3 Å². The lowest BCUT2D eigenvalue weighted by atomic mass is 9.78. The van der Waals surface area contributed by atoms with Crippen molar-refractivity contribution < 1.29 is 19.2 Å². The molecule has 7 nitrogen and oxygen atoms in total. The van der Waals surface area contributed by atoms with Crippen LogP contribution in [0.2, 0.25) is 0 Å². The molecule has 2 atom stereocenters. The first-order valence-corrected chi connectivity index (χ1v) is 8.46. The van der Waals surface area contributed by atoms with Gasteiger partial charge in [0.25, 0.3) is 5.69 Å². The van der Waals surface area contributed by atoms with Crippen LogP contribution in [0, 0.1) is 21.4 Å². The molecule has 138 valence electrons. The van der Waals surface area contributed by atoms with Gasteiger partial charge in [-0.3, -0.25) is 10.1 Å². The Hall–Kier alpha value is -2.15. The van der Waals surface area contributed by atoms with Crippen molar-refractivity contribution in [1.29, 1.82) is 0 Å². The van der Waals surface area contributed by atoms with Crippen molar-refractivity contribution in [3.8, 4) is 0 Å². The van der Waals surface area contributed by atoms with Gasteiger partial charge in [0.15, 0.2) is 0 Å². The van der Waals surface area contributed by atoms with Crippen LogP contribution in [0.15, 0.2) is 18.2 Å². The Morgan fingerprint density at radius 1 is 1.44 bits per heavy atom. The Morgan fingerprint density at radius 2 is 2.16 bits per heavy atom. The second kappa shape index (κ2) is 7.82. The molecule has 7 heteroatoms. The average molecular weight is 350 g/mol. The molecule has 1 aromatic carbocycles. The van der Waals surface area contributed by atoms with Crippen LogP contribution in [-0.2, 0) is 9.47 Å². The van der Waals surface area contributed by atoms with E-state index in [4.69, 9.17) is 4.74 Å². The van der Waals surface area contributed by atoms with Crippen molar-refractivity contribution in [2.45, 2.75) is 39.7 Å². The number of benzene rings is 1. The minimum Gasteiger partial charge on any atom is -0.465 e. The van der Waals surface area contributed by atoms with Gasteiger partial charge in [0, 0.05) is 30.8 Å². The van der Waals surface area contributed by atoms with Gasteiger partial charge in [-0.25, -0.2) is 4.79 Å². The molecule has 0 aliphatic carbocycles. The number of nitrogens with zero attached hydrogens (tertiary/aromatic N) is 1. The number of nitro benzene ring substituents is 1. The maximum absolute atomic E-state index is 11.8. The highest BCUT2D eigenvalue weighted by molar-refractivity contribution is 5.95. The maximum atomic E-state index is 11.8. The Bertz CT molecular complexity index is 639. The van der Waals surface area contributed by atoms with Gasteiger partial charge < -0.3 is 14.8 Å². The molecule has 0 aromatic heterocycles. The van der Waals surface area contributed by atoms with Crippen molar-refractivity contribution >= 4 is 17.3 Å². The summed E-state index contributed by atoms with van der Waals surface area (Å²) < 4.78 is 10.6. The monoisotopic (exact) mass is 350 g/mol. The number of hydrogen-bond acceptors (Lipinski definition) is 6. The highest BCUT2D eigenvalue weighted by atomic mass is 16.6. The lowest BCUT2D eigenvalue weighted by Crippen LogP contribution is -2.42. The first-order valence-electron chi connectivity index (χ1n) is 8.46. The van der Waals surface area contributed by atoms with Crippen molar-refractivity contribution in [3.63, 3.8) is 0 Å². The zero-order valence-corrected chi connectivity index (χ0v) is 15.2. The summed E-state index contributed by atoms with van der Waals surface area (Å²) in [6.07, 6.45) is 2.23. The summed E-state index contributed by atoms with van der Waals surface area (Å²) in [4.78, 5) is 22.3. The topological polar surface area (TPSA) is 90.7 Å². The van der Waals surface area contributed by atoms with E-state index in [1.165, 1.54) is 19.2 Å². The molecule has 1 N–H and O–H groups in total. The van der Waals surface area contributed by atoms with Crippen LogP contribution in [0.4, 0.5) is 11.4 Å². The number of carbonyl (C=O) groups is 1. The van der Waals surface area contributed by atoms with Crippen LogP contribution in [0.1, 0.15) is 44.0 Å². The fourth-order valence-electron chi connectivity index (χ4n) is 3.34. The fraction of sp³-hybridized carbons (Fsp3) is 0.611. The van der Waals surface area contributed by atoms with Crippen LogP contribution in [0.3, 0.4) is 0 Å². The quantitative estimate of drug-likeness (QED) is 0.495. The van der Waals surface area contributed by atoms with Gasteiger partial charge in [-0.1, -0.05) is 20.8 Å². The summed E-state index contributed by atoms with van der Waals surface area (Å²) in [6.45, 7) is 7.95. The number of ether oxygens (including phenoxy) is 2. The molecule has 0 saturated carbocycles. The number of nitro groups is 1. The predicted octanol–water partition coefficient (Wildman–Crippen LogP) is 3.63. The first kappa shape index (κ1) is 19.2. The number of nitrogens with one attached hydrogen (secondary N) is 1. The van der Waals surface area contributed by atoms with E-state index in [1.807, 2.05) is 0 Å². The average Bonchev–Trinajstić information content (AvgIpc) is 2.58. The molecule has 1 fully saturated rings. The lowest BCUT2D eigenvalue weighted by molar-refractivity contribution is -0.385. The van der Waals surface area contributed by atoms with Crippen LogP contribution < -0.4 is 5.32 Å². The standard InChI is InChI=1S/C18H26N2O5/c1-18(2,3)16-12(6-5-9-25-16)11-19-13-7-8-15(20(22)23)14(10-13)17(21)24-4/h7-8,10,12,16,19H,5-6,9,11H2,1-4H3. The van der Waals surface area contributed by atoms with E-state index in [-0.39, 0.29) is 22.8 Å². The summed E-state index contributed by atoms with van der Waals surface area (Å²) in [7, 11) is 1.21. The van der Waals surface area contributed by atoms with Crippen molar-refractivity contribution in [1.82, 2.24) is 0 Å². The largest absolute Gasteiger partial charge is 0.465 e. The smallest absolute Gasteiger partial charge is 0.344 e. The molecule has 0 spiro atoms. The van der Waals surface area contributed by atoms with E-state index < -0.39 is 10.9 Å². The number of anilines is 1. The van der Waals surface area contributed by atoms with E-state index in [9.17, 15) is 14.9 Å². The van der Waals surface area contributed by atoms with Crippen LogP contribution in [0.25, 0.3) is 0 Å². The van der Waals surface area contributed by atoms with E-state index in [1.54, 1.807) is 6.07 Å². The first-order chi connectivity index (χ1) is 11.7. The van der Waals surface area contributed by atoms with Crippen molar-refractivity contribution in [3.05, 3.63) is 33.9 Å². The maximum Gasteiger partial charge on any atom is 0.344 e. The van der Waals surface area contributed by atoms with Gasteiger partial charge >= 0.3 is 5.97 Å². The summed E-state index contributed by atoms with van der Waals surface area (Å²) in [6, 6.07) is 4.41. The molecule has 2 rings (SSSR count). The highest BCUT2D eigenvalue weighted by Crippen LogP contribution is 2.34. The van der Waals surface area contributed by atoms with Gasteiger partial charge in [-0.05, 0) is 30.4 Å². The molecule has 1 saturated heterocycles. The SMILES string of the molecule is COC(=O)c1cc(NCC2CCCOC2C(C)(C)C)ccc1[N+](=O)[O-]. The van der Waals surface area contributed by atoms with Crippen LogP contribution >= 0.6 is 0 Å². The fourth-order valence-corrected chi connectivity index (χ4v) is 3.34. The number of methoxy groups -OCH3 is 1. The van der Waals surface area contributed by atoms with Gasteiger partial charge in [0.2, 0.25) is 0 Å². The van der Waals surface area contributed by atoms with Gasteiger partial charge in [-0.2, -0.15) is 0 Å². The number of rotatable bonds is 5. The normalized spacial score (nSPS) is 20.8. The second-order valence-corrected chi connectivity index (χ2v) is 7.42. The molecular formula is C18H26N2O5. The van der Waals surface area contributed by atoms with E-state index in [2.05, 4.69) is 30.8 Å². The van der Waals surface area contributed by atoms with Crippen LogP contribution in [-0.4, -0.2) is 37.3 Å². The predicted molar refractivity (Wildman–Crippen MR) is 94.8 cm³/mol. The molecule has 0 bridgehead atoms. The third-order valence-corrected chi connectivity index (χ3v) is 4.47. The Kier molecular flexibility index (Phi) is 6.00.